The van der Waals surface area contributed by atoms with E-state index in [9.17, 15) is 0 Å². The van der Waals surface area contributed by atoms with Crippen molar-refractivity contribution in [2.45, 2.75) is 0 Å². The highest BCUT2D eigenvalue weighted by molar-refractivity contribution is 7.26. The maximum absolute atomic E-state index is 5.47. The van der Waals surface area contributed by atoms with E-state index >= 15 is 0 Å². The molecule has 0 saturated heterocycles. The van der Waals surface area contributed by atoms with Gasteiger partial charge in [-0.3, -0.25) is 4.57 Å². The zero-order chi connectivity index (χ0) is 32.8. The van der Waals surface area contributed by atoms with Crippen molar-refractivity contribution in [1.29, 1.82) is 0 Å². The van der Waals surface area contributed by atoms with Gasteiger partial charge in [0.1, 0.15) is 0 Å². The molecular formula is C46H27N3S. The van der Waals surface area contributed by atoms with Crippen LogP contribution in [-0.4, -0.2) is 14.5 Å². The van der Waals surface area contributed by atoms with Gasteiger partial charge in [-0.05, 0) is 46.2 Å². The van der Waals surface area contributed by atoms with E-state index in [0.717, 1.165) is 38.8 Å². The van der Waals surface area contributed by atoms with Crippen LogP contribution in [0.1, 0.15) is 0 Å². The zero-order valence-electron chi connectivity index (χ0n) is 26.8. The highest BCUT2D eigenvalue weighted by Crippen LogP contribution is 2.47. The Hall–Kier alpha value is -6.36. The summed E-state index contributed by atoms with van der Waals surface area (Å²) in [5, 5.41) is 11.1. The molecule has 8 aromatic carbocycles. The number of nitrogens with zero attached hydrogens (tertiary/aromatic N) is 3. The molecule has 0 aliphatic rings. The van der Waals surface area contributed by atoms with E-state index in [-0.39, 0.29) is 0 Å². The number of thiophene rings is 1. The average molecular weight is 654 g/mol. The van der Waals surface area contributed by atoms with E-state index in [4.69, 9.17) is 9.97 Å². The van der Waals surface area contributed by atoms with Crippen molar-refractivity contribution in [3.05, 3.63) is 164 Å². The second-order valence-electron chi connectivity index (χ2n) is 12.9. The minimum absolute atomic E-state index is 0.669. The summed E-state index contributed by atoms with van der Waals surface area (Å²) in [6, 6.07) is 58.6. The van der Waals surface area contributed by atoms with Gasteiger partial charge in [-0.2, -0.15) is 0 Å². The highest BCUT2D eigenvalue weighted by atomic mass is 32.1. The smallest absolute Gasteiger partial charge is 0.235 e. The summed E-state index contributed by atoms with van der Waals surface area (Å²) < 4.78 is 4.95. The van der Waals surface area contributed by atoms with Gasteiger partial charge in [0.05, 0.1) is 22.2 Å². The summed E-state index contributed by atoms with van der Waals surface area (Å²) in [5.74, 6) is 0.669. The molecule has 0 spiro atoms. The third-order valence-corrected chi connectivity index (χ3v) is 11.4. The molecule has 3 aromatic heterocycles. The molecule has 0 unspecified atom stereocenters. The largest absolute Gasteiger partial charge is 0.277 e. The monoisotopic (exact) mass is 653 g/mol. The van der Waals surface area contributed by atoms with E-state index < -0.39 is 0 Å². The molecule has 0 atom stereocenters. The third kappa shape index (κ3) is 3.91. The van der Waals surface area contributed by atoms with Crippen molar-refractivity contribution in [3.63, 3.8) is 0 Å². The van der Waals surface area contributed by atoms with Crippen LogP contribution in [0.2, 0.25) is 0 Å². The van der Waals surface area contributed by atoms with Crippen LogP contribution in [0.3, 0.4) is 0 Å². The van der Waals surface area contributed by atoms with Gasteiger partial charge in [-0.25, -0.2) is 9.97 Å². The first kappa shape index (κ1) is 27.6. The van der Waals surface area contributed by atoms with E-state index in [1.165, 1.54) is 58.1 Å². The summed E-state index contributed by atoms with van der Waals surface area (Å²) in [6.45, 7) is 0. The first-order valence-electron chi connectivity index (χ1n) is 16.9. The summed E-state index contributed by atoms with van der Waals surface area (Å²) in [7, 11) is 0. The lowest BCUT2D eigenvalue weighted by molar-refractivity contribution is 1.02. The van der Waals surface area contributed by atoms with Crippen LogP contribution in [0.5, 0.6) is 0 Å². The van der Waals surface area contributed by atoms with E-state index in [0.29, 0.717) is 5.95 Å². The predicted molar refractivity (Wildman–Crippen MR) is 213 cm³/mol. The standard InChI is InChI=1S/C46H27N3S/c1-2-13-28(14-3-1)29-15-12-16-30(27-29)43-35-20-6-9-22-38(35)47-46(48-43)49-39-23-10-7-21-36(39)41-37-26-25-34-31-17-8-11-24-40(31)50-45(34)42(37)32-18-4-5-19-33(32)44(41)49/h1-27H. The van der Waals surface area contributed by atoms with Crippen LogP contribution in [0.15, 0.2) is 164 Å². The Morgan fingerprint density at radius 3 is 1.96 bits per heavy atom. The van der Waals surface area contributed by atoms with Crippen LogP contribution in [0.25, 0.3) is 103 Å². The van der Waals surface area contributed by atoms with E-state index in [1.54, 1.807) is 0 Å². The molecule has 11 rings (SSSR count). The second kappa shape index (κ2) is 10.6. The van der Waals surface area contributed by atoms with Gasteiger partial charge in [-0.1, -0.05) is 140 Å². The number of fused-ring (bicyclic) bond motifs is 13. The second-order valence-corrected chi connectivity index (χ2v) is 14.0. The average Bonchev–Trinajstić information content (AvgIpc) is 3.74. The van der Waals surface area contributed by atoms with Gasteiger partial charge in [0.15, 0.2) is 0 Å². The van der Waals surface area contributed by atoms with E-state index in [2.05, 4.69) is 168 Å². The fourth-order valence-electron chi connectivity index (χ4n) is 8.01. The summed E-state index contributed by atoms with van der Waals surface area (Å²) in [6.07, 6.45) is 0. The minimum Gasteiger partial charge on any atom is -0.277 e. The van der Waals surface area contributed by atoms with Gasteiger partial charge in [0, 0.05) is 52.7 Å². The number of hydrogen-bond acceptors (Lipinski definition) is 3. The maximum Gasteiger partial charge on any atom is 0.235 e. The molecule has 4 heteroatoms. The molecule has 50 heavy (non-hydrogen) atoms. The molecule has 0 N–H and O–H groups in total. The number of hydrogen-bond donors (Lipinski definition) is 0. The fraction of sp³-hybridized carbons (Fsp3) is 0. The Morgan fingerprint density at radius 2 is 1.08 bits per heavy atom. The van der Waals surface area contributed by atoms with Crippen molar-refractivity contribution in [2.24, 2.45) is 0 Å². The lowest BCUT2D eigenvalue weighted by Gasteiger charge is -2.14. The Bertz CT molecular complexity index is 3150. The Balaban J connectivity index is 1.28. The molecule has 0 aliphatic carbocycles. The number of aromatic nitrogens is 3. The first-order chi connectivity index (χ1) is 24.8. The van der Waals surface area contributed by atoms with Crippen LogP contribution in [-0.2, 0) is 0 Å². The van der Waals surface area contributed by atoms with Crippen LogP contribution >= 0.6 is 11.3 Å². The van der Waals surface area contributed by atoms with Crippen LogP contribution in [0.4, 0.5) is 0 Å². The highest BCUT2D eigenvalue weighted by Gasteiger charge is 2.23. The van der Waals surface area contributed by atoms with Crippen molar-refractivity contribution in [3.8, 4) is 28.3 Å². The quantitative estimate of drug-likeness (QED) is 0.178. The molecule has 0 radical (unpaired) electrons. The molecule has 11 aromatic rings. The lowest BCUT2D eigenvalue weighted by Crippen LogP contribution is -2.04. The van der Waals surface area contributed by atoms with Gasteiger partial charge >= 0.3 is 0 Å². The van der Waals surface area contributed by atoms with Crippen molar-refractivity contribution in [1.82, 2.24) is 14.5 Å². The summed E-state index contributed by atoms with van der Waals surface area (Å²) in [5.41, 5.74) is 7.47. The van der Waals surface area contributed by atoms with Crippen molar-refractivity contribution < 1.29 is 0 Å². The van der Waals surface area contributed by atoms with Gasteiger partial charge < -0.3 is 0 Å². The molecule has 0 amide bonds. The Kier molecular flexibility index (Phi) is 5.83. The third-order valence-electron chi connectivity index (χ3n) is 10.2. The Labute approximate surface area is 291 Å². The molecule has 3 heterocycles. The van der Waals surface area contributed by atoms with E-state index in [1.807, 2.05) is 11.3 Å². The Morgan fingerprint density at radius 1 is 0.420 bits per heavy atom. The summed E-state index contributed by atoms with van der Waals surface area (Å²) >= 11 is 1.89. The number of rotatable bonds is 3. The predicted octanol–water partition coefficient (Wildman–Crippen LogP) is 12.7. The molecule has 0 fully saturated rings. The molecule has 232 valence electrons. The van der Waals surface area contributed by atoms with Gasteiger partial charge in [0.2, 0.25) is 5.95 Å². The lowest BCUT2D eigenvalue weighted by atomic mass is 9.95. The summed E-state index contributed by atoms with van der Waals surface area (Å²) in [4.78, 5) is 10.8. The fourth-order valence-corrected chi connectivity index (χ4v) is 9.27. The molecular weight excluding hydrogens is 627 g/mol. The molecule has 0 aliphatic heterocycles. The van der Waals surface area contributed by atoms with Gasteiger partial charge in [-0.15, -0.1) is 11.3 Å². The first-order valence-corrected chi connectivity index (χ1v) is 17.7. The molecule has 3 nitrogen and oxygen atoms in total. The molecule has 0 bridgehead atoms. The normalized spacial score (nSPS) is 12.0. The number of benzene rings is 8. The minimum atomic E-state index is 0.669. The van der Waals surface area contributed by atoms with Crippen LogP contribution in [0, 0.1) is 0 Å². The van der Waals surface area contributed by atoms with Crippen molar-refractivity contribution >= 4 is 85.8 Å². The van der Waals surface area contributed by atoms with Crippen molar-refractivity contribution in [2.75, 3.05) is 0 Å². The molecule has 0 saturated carbocycles. The van der Waals surface area contributed by atoms with Gasteiger partial charge in [0.25, 0.3) is 0 Å². The topological polar surface area (TPSA) is 30.7 Å². The SMILES string of the molecule is c1ccc(-c2cccc(-c3nc(-n4c5ccccc5c5c6ccc7c8ccccc8sc7c6c6ccccc6c54)nc4ccccc34)c2)cc1. The number of para-hydroxylation sites is 2. The van der Waals surface area contributed by atoms with Crippen LogP contribution < -0.4 is 0 Å². The zero-order valence-corrected chi connectivity index (χ0v) is 27.7. The maximum atomic E-state index is 5.47.